The first-order valence-corrected chi connectivity index (χ1v) is 14.3. The van der Waals surface area contributed by atoms with Gasteiger partial charge in [0.15, 0.2) is 0 Å². The molecular weight excluding hydrogens is 498 g/mol. The number of anilines is 1. The molecule has 0 unspecified atom stereocenters. The Bertz CT molecular complexity index is 1360. The lowest BCUT2D eigenvalue weighted by Gasteiger charge is -2.34. The molecule has 0 saturated carbocycles. The van der Waals surface area contributed by atoms with Crippen molar-refractivity contribution in [1.82, 2.24) is 10.2 Å². The monoisotopic (exact) mass is 535 g/mol. The van der Waals surface area contributed by atoms with E-state index in [4.69, 9.17) is 0 Å². The number of carbonyl (C=O) groups is 2. The minimum Gasteiger partial charge on any atom is -0.352 e. The van der Waals surface area contributed by atoms with Crippen LogP contribution in [0.15, 0.2) is 83.8 Å². The zero-order valence-electron chi connectivity index (χ0n) is 22.7. The predicted molar refractivity (Wildman–Crippen MR) is 151 cm³/mol. The number of hydrogen-bond donors (Lipinski definition) is 1. The van der Waals surface area contributed by atoms with E-state index in [1.54, 1.807) is 36.4 Å². The molecule has 0 bridgehead atoms. The number of nitrogens with one attached hydrogen (secondary N) is 1. The van der Waals surface area contributed by atoms with Crippen molar-refractivity contribution in [2.75, 3.05) is 10.8 Å². The lowest BCUT2D eigenvalue weighted by atomic mass is 10.1. The largest absolute Gasteiger partial charge is 0.352 e. The Kier molecular flexibility index (Phi) is 9.69. The number of carbonyl (C=O) groups excluding carboxylic acids is 2. The Morgan fingerprint density at radius 3 is 2.16 bits per heavy atom. The van der Waals surface area contributed by atoms with E-state index >= 15 is 0 Å². The molecule has 0 radical (unpaired) electrons. The smallest absolute Gasteiger partial charge is 0.264 e. The molecule has 0 aliphatic carbocycles. The fourth-order valence-corrected chi connectivity index (χ4v) is 5.73. The first-order valence-electron chi connectivity index (χ1n) is 12.8. The lowest BCUT2D eigenvalue weighted by molar-refractivity contribution is -0.140. The van der Waals surface area contributed by atoms with Crippen molar-refractivity contribution in [3.63, 3.8) is 0 Å². The van der Waals surface area contributed by atoms with Gasteiger partial charge in [-0.1, -0.05) is 61.5 Å². The highest BCUT2D eigenvalue weighted by atomic mass is 32.2. The highest BCUT2D eigenvalue weighted by molar-refractivity contribution is 7.92. The quantitative estimate of drug-likeness (QED) is 0.381. The van der Waals surface area contributed by atoms with Crippen LogP contribution in [0.25, 0.3) is 0 Å². The average Bonchev–Trinajstić information content (AvgIpc) is 2.88. The first kappa shape index (κ1) is 28.9. The highest BCUT2D eigenvalue weighted by Gasteiger charge is 2.34. The normalized spacial score (nSPS) is 12.2. The molecule has 38 heavy (non-hydrogen) atoms. The molecule has 0 heterocycles. The number of aryl methyl sites for hydroxylation is 2. The third-order valence-corrected chi connectivity index (χ3v) is 8.11. The molecule has 2 amide bonds. The van der Waals surface area contributed by atoms with Crippen LogP contribution in [0, 0.1) is 13.8 Å². The van der Waals surface area contributed by atoms with Gasteiger partial charge >= 0.3 is 0 Å². The maximum atomic E-state index is 14.0. The summed E-state index contributed by atoms with van der Waals surface area (Å²) in [5, 5.41) is 2.91. The van der Waals surface area contributed by atoms with Crippen LogP contribution in [0.3, 0.4) is 0 Å². The summed E-state index contributed by atoms with van der Waals surface area (Å²) in [5.41, 5.74) is 3.13. The predicted octanol–water partition coefficient (Wildman–Crippen LogP) is 4.83. The van der Waals surface area contributed by atoms with E-state index in [0.717, 1.165) is 21.0 Å². The molecule has 0 saturated heterocycles. The second kappa shape index (κ2) is 12.7. The van der Waals surface area contributed by atoms with Crippen LogP contribution >= 0.6 is 0 Å². The Balaban J connectivity index is 2.07. The van der Waals surface area contributed by atoms with E-state index in [9.17, 15) is 18.0 Å². The molecule has 0 aliphatic heterocycles. The van der Waals surface area contributed by atoms with Crippen LogP contribution < -0.4 is 9.62 Å². The van der Waals surface area contributed by atoms with Gasteiger partial charge in [0, 0.05) is 12.6 Å². The number of benzene rings is 3. The summed E-state index contributed by atoms with van der Waals surface area (Å²) >= 11 is 0. The second-order valence-electron chi connectivity index (χ2n) is 9.70. The van der Waals surface area contributed by atoms with Crippen molar-refractivity contribution in [3.05, 3.63) is 95.6 Å². The van der Waals surface area contributed by atoms with Crippen molar-refractivity contribution in [3.8, 4) is 0 Å². The van der Waals surface area contributed by atoms with Crippen LogP contribution in [-0.4, -0.2) is 43.8 Å². The standard InChI is InChI=1S/C30H37N3O4S/c1-6-28(30(35)31-22(2)3)32(20-25-15-11-10-14-24(25)5)29(34)21-33(26-16-12-13-23(4)19-26)38(36,37)27-17-8-7-9-18-27/h7-19,22,28H,6,20-21H2,1-5H3,(H,31,35)/t28-/m0/s1. The van der Waals surface area contributed by atoms with Crippen LogP contribution in [0.4, 0.5) is 5.69 Å². The van der Waals surface area contributed by atoms with E-state index in [1.807, 2.05) is 65.0 Å². The number of rotatable bonds is 11. The summed E-state index contributed by atoms with van der Waals surface area (Å²) in [4.78, 5) is 28.8. The topological polar surface area (TPSA) is 86.8 Å². The third kappa shape index (κ3) is 7.01. The van der Waals surface area contributed by atoms with Crippen LogP contribution in [0.1, 0.15) is 43.9 Å². The summed E-state index contributed by atoms with van der Waals surface area (Å²) in [6, 6.07) is 21.9. The SMILES string of the molecule is CC[C@@H](C(=O)NC(C)C)N(Cc1ccccc1C)C(=O)CN(c1cccc(C)c1)S(=O)(=O)c1ccccc1. The minimum atomic E-state index is -4.07. The van der Waals surface area contributed by atoms with Crippen LogP contribution in [-0.2, 0) is 26.2 Å². The van der Waals surface area contributed by atoms with Gasteiger partial charge in [-0.25, -0.2) is 8.42 Å². The average molecular weight is 536 g/mol. The minimum absolute atomic E-state index is 0.0874. The second-order valence-corrected chi connectivity index (χ2v) is 11.6. The number of sulfonamides is 1. The van der Waals surface area contributed by atoms with Gasteiger partial charge in [-0.2, -0.15) is 0 Å². The van der Waals surface area contributed by atoms with Crippen molar-refractivity contribution < 1.29 is 18.0 Å². The van der Waals surface area contributed by atoms with Crippen LogP contribution in [0.2, 0.25) is 0 Å². The maximum absolute atomic E-state index is 14.0. The molecule has 3 rings (SSSR count). The van der Waals surface area contributed by atoms with Crippen LogP contribution in [0.5, 0.6) is 0 Å². The molecule has 7 nitrogen and oxygen atoms in total. The molecule has 1 N–H and O–H groups in total. The molecular formula is C30H37N3O4S. The van der Waals surface area contributed by atoms with Gasteiger partial charge in [0.25, 0.3) is 10.0 Å². The van der Waals surface area contributed by atoms with Gasteiger partial charge in [0.2, 0.25) is 11.8 Å². The fraction of sp³-hybridized carbons (Fsp3) is 0.333. The molecule has 8 heteroatoms. The van der Waals surface area contributed by atoms with Gasteiger partial charge in [-0.05, 0) is 75.1 Å². The number of nitrogens with zero attached hydrogens (tertiary/aromatic N) is 2. The van der Waals surface area contributed by atoms with Gasteiger partial charge in [-0.15, -0.1) is 0 Å². The Hall–Kier alpha value is -3.65. The molecule has 0 fully saturated rings. The van der Waals surface area contributed by atoms with E-state index < -0.39 is 28.5 Å². The van der Waals surface area contributed by atoms with Crippen molar-refractivity contribution >= 4 is 27.5 Å². The van der Waals surface area contributed by atoms with E-state index in [-0.39, 0.29) is 23.4 Å². The van der Waals surface area contributed by atoms with E-state index in [2.05, 4.69) is 5.32 Å². The Morgan fingerprint density at radius 1 is 0.895 bits per heavy atom. The highest BCUT2D eigenvalue weighted by Crippen LogP contribution is 2.26. The summed E-state index contributed by atoms with van der Waals surface area (Å²) in [6.07, 6.45) is 0.381. The summed E-state index contributed by atoms with van der Waals surface area (Å²) < 4.78 is 28.8. The molecule has 0 aromatic heterocycles. The first-order chi connectivity index (χ1) is 18.0. The molecule has 1 atom stereocenters. The molecule has 202 valence electrons. The van der Waals surface area contributed by atoms with Gasteiger partial charge in [-0.3, -0.25) is 13.9 Å². The molecule has 3 aromatic carbocycles. The van der Waals surface area contributed by atoms with Gasteiger partial charge in [0.05, 0.1) is 10.6 Å². The van der Waals surface area contributed by atoms with Crippen molar-refractivity contribution in [2.45, 2.75) is 64.6 Å². The van der Waals surface area contributed by atoms with Gasteiger partial charge < -0.3 is 10.2 Å². The summed E-state index contributed by atoms with van der Waals surface area (Å²) in [7, 11) is -4.07. The van der Waals surface area contributed by atoms with E-state index in [0.29, 0.717) is 12.1 Å². The molecule has 3 aromatic rings. The van der Waals surface area contributed by atoms with Gasteiger partial charge in [0.1, 0.15) is 12.6 Å². The third-order valence-electron chi connectivity index (χ3n) is 6.32. The molecule has 0 aliphatic rings. The lowest BCUT2D eigenvalue weighted by Crippen LogP contribution is -2.53. The number of hydrogen-bond acceptors (Lipinski definition) is 4. The number of amides is 2. The zero-order valence-corrected chi connectivity index (χ0v) is 23.5. The molecule has 0 spiro atoms. The maximum Gasteiger partial charge on any atom is 0.264 e. The van der Waals surface area contributed by atoms with E-state index in [1.165, 1.54) is 17.0 Å². The fourth-order valence-electron chi connectivity index (χ4n) is 4.30. The zero-order chi connectivity index (χ0) is 27.9. The summed E-state index contributed by atoms with van der Waals surface area (Å²) in [5.74, 6) is -0.725. The van der Waals surface area contributed by atoms with Crippen molar-refractivity contribution in [2.24, 2.45) is 0 Å². The van der Waals surface area contributed by atoms with Crippen molar-refractivity contribution in [1.29, 1.82) is 0 Å². The summed E-state index contributed by atoms with van der Waals surface area (Å²) in [6.45, 7) is 9.13. The Labute approximate surface area is 226 Å². The Morgan fingerprint density at radius 2 is 1.55 bits per heavy atom.